The van der Waals surface area contributed by atoms with Gasteiger partial charge in [0.25, 0.3) is 0 Å². The highest BCUT2D eigenvalue weighted by molar-refractivity contribution is 5.00. The number of hydrogen-bond donors (Lipinski definition) is 1. The molecule has 2 fully saturated rings. The maximum Gasteiger partial charge on any atom is 0.117 e. The minimum Gasteiger partial charge on any atom is -0.468 e. The van der Waals surface area contributed by atoms with Gasteiger partial charge in [-0.1, -0.05) is 19.8 Å². The minimum atomic E-state index is 0.733. The molecule has 0 aromatic carbocycles. The Kier molecular flexibility index (Phi) is 5.37. The summed E-state index contributed by atoms with van der Waals surface area (Å²) in [6.45, 7) is 5.67. The molecule has 1 aromatic rings. The summed E-state index contributed by atoms with van der Waals surface area (Å²) in [7, 11) is 0. The lowest BCUT2D eigenvalue weighted by atomic mass is 9.84. The number of hydrogen-bond acceptors (Lipinski definition) is 3. The van der Waals surface area contributed by atoms with E-state index in [1.807, 2.05) is 6.07 Å². The van der Waals surface area contributed by atoms with Crippen molar-refractivity contribution in [1.29, 1.82) is 0 Å². The quantitative estimate of drug-likeness (QED) is 0.789. The Balaban J connectivity index is 1.57. The van der Waals surface area contributed by atoms with E-state index >= 15 is 0 Å². The average Bonchev–Trinajstić information content (AvgIpc) is 3.23. The summed E-state index contributed by atoms with van der Waals surface area (Å²) >= 11 is 0. The Morgan fingerprint density at radius 1 is 1.24 bits per heavy atom. The number of furan rings is 1. The maximum absolute atomic E-state index is 5.57. The second kappa shape index (κ2) is 7.46. The van der Waals surface area contributed by atoms with Crippen LogP contribution in [0.2, 0.25) is 0 Å². The lowest BCUT2D eigenvalue weighted by Gasteiger charge is -2.36. The first-order chi connectivity index (χ1) is 10.4. The summed E-state index contributed by atoms with van der Waals surface area (Å²) in [5, 5.41) is 3.79. The molecule has 0 bridgehead atoms. The average molecular weight is 290 g/mol. The Bertz CT molecular complexity index is 399. The van der Waals surface area contributed by atoms with Crippen LogP contribution < -0.4 is 5.32 Å². The second-order valence-electron chi connectivity index (χ2n) is 6.85. The van der Waals surface area contributed by atoms with Crippen molar-refractivity contribution in [2.45, 2.75) is 70.5 Å². The van der Waals surface area contributed by atoms with Gasteiger partial charge in [0.15, 0.2) is 0 Å². The van der Waals surface area contributed by atoms with Crippen molar-refractivity contribution in [2.75, 3.05) is 13.1 Å². The molecule has 1 N–H and O–H groups in total. The van der Waals surface area contributed by atoms with Crippen LogP contribution in [0.25, 0.3) is 0 Å². The summed E-state index contributed by atoms with van der Waals surface area (Å²) in [4.78, 5) is 2.68. The fraction of sp³-hybridized carbons (Fsp3) is 0.778. The summed E-state index contributed by atoms with van der Waals surface area (Å²) in [5.74, 6) is 1.94. The van der Waals surface area contributed by atoms with Crippen LogP contribution in [0.4, 0.5) is 0 Å². The van der Waals surface area contributed by atoms with E-state index in [9.17, 15) is 0 Å². The molecule has 0 aliphatic heterocycles. The molecule has 0 spiro atoms. The van der Waals surface area contributed by atoms with Crippen molar-refractivity contribution in [3.05, 3.63) is 24.2 Å². The molecule has 2 unspecified atom stereocenters. The van der Waals surface area contributed by atoms with E-state index in [1.54, 1.807) is 6.26 Å². The SMILES string of the molecule is CCCNC1CCCCC1CN(Cc1ccco1)C1CC1. The summed E-state index contributed by atoms with van der Waals surface area (Å²) < 4.78 is 5.57. The van der Waals surface area contributed by atoms with E-state index in [-0.39, 0.29) is 0 Å². The summed E-state index contributed by atoms with van der Waals surface area (Å²) in [6.07, 6.45) is 11.4. The Labute approximate surface area is 129 Å². The van der Waals surface area contributed by atoms with Gasteiger partial charge >= 0.3 is 0 Å². The lowest BCUT2D eigenvalue weighted by Crippen LogP contribution is -2.44. The molecule has 3 heteroatoms. The van der Waals surface area contributed by atoms with Gasteiger partial charge in [0.2, 0.25) is 0 Å². The predicted octanol–water partition coefficient (Wildman–Crippen LogP) is 3.80. The van der Waals surface area contributed by atoms with Gasteiger partial charge in [-0.3, -0.25) is 4.90 Å². The van der Waals surface area contributed by atoms with E-state index in [0.717, 1.165) is 30.3 Å². The molecule has 1 aromatic heterocycles. The van der Waals surface area contributed by atoms with Crippen LogP contribution in [-0.2, 0) is 6.54 Å². The zero-order valence-electron chi connectivity index (χ0n) is 13.4. The van der Waals surface area contributed by atoms with Crippen molar-refractivity contribution >= 4 is 0 Å². The molecule has 2 aliphatic carbocycles. The van der Waals surface area contributed by atoms with Crippen molar-refractivity contribution < 1.29 is 4.42 Å². The summed E-state index contributed by atoms with van der Waals surface area (Å²) in [5.41, 5.74) is 0. The lowest BCUT2D eigenvalue weighted by molar-refractivity contribution is 0.148. The Morgan fingerprint density at radius 2 is 2.10 bits per heavy atom. The molecular formula is C18H30N2O. The van der Waals surface area contributed by atoms with Crippen molar-refractivity contribution in [2.24, 2.45) is 5.92 Å². The molecule has 118 valence electrons. The monoisotopic (exact) mass is 290 g/mol. The van der Waals surface area contributed by atoms with Crippen LogP contribution in [0, 0.1) is 5.92 Å². The van der Waals surface area contributed by atoms with Gasteiger partial charge in [0.05, 0.1) is 12.8 Å². The highest BCUT2D eigenvalue weighted by Gasteiger charge is 2.33. The standard InChI is InChI=1S/C18H30N2O/c1-2-11-19-18-8-4-3-6-15(18)13-20(16-9-10-16)14-17-7-5-12-21-17/h5,7,12,15-16,18-19H,2-4,6,8-11,13-14H2,1H3. The second-order valence-corrected chi connectivity index (χ2v) is 6.85. The Hall–Kier alpha value is -0.800. The van der Waals surface area contributed by atoms with E-state index < -0.39 is 0 Å². The highest BCUT2D eigenvalue weighted by atomic mass is 16.3. The smallest absolute Gasteiger partial charge is 0.117 e. The van der Waals surface area contributed by atoms with Crippen LogP contribution in [-0.4, -0.2) is 30.1 Å². The molecule has 2 saturated carbocycles. The van der Waals surface area contributed by atoms with Gasteiger partial charge in [-0.15, -0.1) is 0 Å². The molecule has 1 heterocycles. The number of nitrogens with zero attached hydrogens (tertiary/aromatic N) is 1. The van der Waals surface area contributed by atoms with E-state index in [2.05, 4.69) is 23.2 Å². The summed E-state index contributed by atoms with van der Waals surface area (Å²) in [6, 6.07) is 5.66. The van der Waals surface area contributed by atoms with Crippen LogP contribution >= 0.6 is 0 Å². The number of nitrogens with one attached hydrogen (secondary N) is 1. The molecule has 3 nitrogen and oxygen atoms in total. The van der Waals surface area contributed by atoms with E-state index in [4.69, 9.17) is 4.42 Å². The van der Waals surface area contributed by atoms with Gasteiger partial charge < -0.3 is 9.73 Å². The predicted molar refractivity (Wildman–Crippen MR) is 86.2 cm³/mol. The fourth-order valence-corrected chi connectivity index (χ4v) is 3.71. The fourth-order valence-electron chi connectivity index (χ4n) is 3.71. The van der Waals surface area contributed by atoms with Crippen molar-refractivity contribution in [3.8, 4) is 0 Å². The van der Waals surface area contributed by atoms with Gasteiger partial charge in [-0.05, 0) is 56.7 Å². The largest absolute Gasteiger partial charge is 0.468 e. The van der Waals surface area contributed by atoms with Crippen LogP contribution in [0.1, 0.15) is 57.6 Å². The van der Waals surface area contributed by atoms with E-state index in [0.29, 0.717) is 0 Å². The molecule has 3 rings (SSSR count). The third-order valence-corrected chi connectivity index (χ3v) is 5.04. The normalized spacial score (nSPS) is 26.4. The van der Waals surface area contributed by atoms with Gasteiger partial charge in [0.1, 0.15) is 5.76 Å². The third-order valence-electron chi connectivity index (χ3n) is 5.04. The maximum atomic E-state index is 5.57. The van der Waals surface area contributed by atoms with E-state index in [1.165, 1.54) is 58.0 Å². The topological polar surface area (TPSA) is 28.4 Å². The molecule has 2 atom stereocenters. The van der Waals surface area contributed by atoms with Crippen LogP contribution in [0.5, 0.6) is 0 Å². The van der Waals surface area contributed by atoms with Crippen LogP contribution in [0.3, 0.4) is 0 Å². The van der Waals surface area contributed by atoms with Gasteiger partial charge in [-0.25, -0.2) is 0 Å². The Morgan fingerprint density at radius 3 is 2.81 bits per heavy atom. The van der Waals surface area contributed by atoms with Gasteiger partial charge in [0, 0.05) is 18.6 Å². The molecule has 0 amide bonds. The molecule has 2 aliphatic rings. The molecule has 21 heavy (non-hydrogen) atoms. The molecule has 0 saturated heterocycles. The molecule has 0 radical (unpaired) electrons. The van der Waals surface area contributed by atoms with Crippen LogP contribution in [0.15, 0.2) is 22.8 Å². The zero-order valence-corrected chi connectivity index (χ0v) is 13.4. The van der Waals surface area contributed by atoms with Crippen molar-refractivity contribution in [3.63, 3.8) is 0 Å². The first kappa shape index (κ1) is 15.1. The highest BCUT2D eigenvalue weighted by Crippen LogP contribution is 2.32. The minimum absolute atomic E-state index is 0.733. The van der Waals surface area contributed by atoms with Gasteiger partial charge in [-0.2, -0.15) is 0 Å². The zero-order chi connectivity index (χ0) is 14.5. The number of rotatable bonds is 8. The van der Waals surface area contributed by atoms with Crippen molar-refractivity contribution in [1.82, 2.24) is 10.2 Å². The molecular weight excluding hydrogens is 260 g/mol. The first-order valence-electron chi connectivity index (χ1n) is 8.86. The first-order valence-corrected chi connectivity index (χ1v) is 8.86. The third kappa shape index (κ3) is 4.33.